The lowest BCUT2D eigenvalue weighted by molar-refractivity contribution is -0.133. The predicted octanol–water partition coefficient (Wildman–Crippen LogP) is 1.68. The van der Waals surface area contributed by atoms with Gasteiger partial charge in [0.25, 0.3) is 0 Å². The average Bonchev–Trinajstić information content (AvgIpc) is 3.13. The smallest absolute Gasteiger partial charge is 0.240 e. The zero-order valence-electron chi connectivity index (χ0n) is 15.1. The minimum atomic E-state index is 0.0526. The van der Waals surface area contributed by atoms with Crippen molar-refractivity contribution in [1.29, 1.82) is 0 Å². The second-order valence-electron chi connectivity index (χ2n) is 6.83. The highest BCUT2D eigenvalue weighted by atomic mass is 16.5. The molecule has 1 fully saturated rings. The van der Waals surface area contributed by atoms with E-state index in [4.69, 9.17) is 4.74 Å². The second kappa shape index (κ2) is 9.10. The maximum Gasteiger partial charge on any atom is 0.240 e. The zero-order valence-corrected chi connectivity index (χ0v) is 15.1. The number of carbonyl (C=O) groups is 1. The van der Waals surface area contributed by atoms with E-state index in [9.17, 15) is 4.79 Å². The molecule has 3 rings (SSSR count). The summed E-state index contributed by atoms with van der Waals surface area (Å²) in [5.74, 6) is 0.219. The third-order valence-electron chi connectivity index (χ3n) is 4.80. The summed E-state index contributed by atoms with van der Waals surface area (Å²) in [7, 11) is 0. The Labute approximate surface area is 149 Å². The van der Waals surface area contributed by atoms with Gasteiger partial charge in [-0.1, -0.05) is 13.0 Å². The quantitative estimate of drug-likeness (QED) is 0.751. The largest absolute Gasteiger partial charge is 0.374 e. The van der Waals surface area contributed by atoms with Crippen molar-refractivity contribution < 1.29 is 9.53 Å². The van der Waals surface area contributed by atoms with Crippen LogP contribution in [0, 0.1) is 0 Å². The zero-order chi connectivity index (χ0) is 17.5. The van der Waals surface area contributed by atoms with Gasteiger partial charge in [-0.2, -0.15) is 5.10 Å². The molecule has 1 atom stereocenters. The Balaban J connectivity index is 1.55. The molecule has 1 aromatic heterocycles. The lowest BCUT2D eigenvalue weighted by Gasteiger charge is -2.34. The van der Waals surface area contributed by atoms with Crippen molar-refractivity contribution in [3.05, 3.63) is 24.4 Å². The standard InChI is InChI=1S/C18H29N5O2/c1-2-8-23(16-6-4-3-5-7-16)18(24)13-21-9-10-25-17(11-21)12-22-15-19-14-20-22/h6,14-15,17H,2-5,7-13H2,1H3/t17-/m0/s1. The fraction of sp³-hybridized carbons (Fsp3) is 0.722. The first-order valence-corrected chi connectivity index (χ1v) is 9.42. The van der Waals surface area contributed by atoms with Crippen LogP contribution < -0.4 is 0 Å². The Morgan fingerprint density at radius 2 is 2.36 bits per heavy atom. The molecule has 0 aromatic carbocycles. The third kappa shape index (κ3) is 5.12. The Morgan fingerprint density at radius 1 is 1.44 bits per heavy atom. The third-order valence-corrected chi connectivity index (χ3v) is 4.80. The molecule has 0 bridgehead atoms. The molecule has 1 aliphatic carbocycles. The molecule has 1 amide bonds. The molecule has 0 saturated carbocycles. The van der Waals surface area contributed by atoms with Gasteiger partial charge in [0.1, 0.15) is 12.7 Å². The van der Waals surface area contributed by atoms with Crippen molar-refractivity contribution in [3.63, 3.8) is 0 Å². The number of morpholine rings is 1. The van der Waals surface area contributed by atoms with E-state index in [1.54, 1.807) is 11.0 Å². The van der Waals surface area contributed by atoms with Crippen LogP contribution in [0.4, 0.5) is 0 Å². The highest BCUT2D eigenvalue weighted by molar-refractivity contribution is 5.80. The summed E-state index contributed by atoms with van der Waals surface area (Å²) in [5.41, 5.74) is 1.23. The number of hydrogen-bond donors (Lipinski definition) is 0. The van der Waals surface area contributed by atoms with Gasteiger partial charge < -0.3 is 9.64 Å². The number of nitrogens with zero attached hydrogens (tertiary/aromatic N) is 5. The maximum atomic E-state index is 12.9. The SMILES string of the molecule is CCCN(C(=O)CN1CCO[C@H](Cn2cncn2)C1)C1=CCCCC1. The molecule has 0 radical (unpaired) electrons. The van der Waals surface area contributed by atoms with Gasteiger partial charge >= 0.3 is 0 Å². The molecule has 7 nitrogen and oxygen atoms in total. The highest BCUT2D eigenvalue weighted by Crippen LogP contribution is 2.21. The minimum absolute atomic E-state index is 0.0526. The number of rotatable bonds is 7. The van der Waals surface area contributed by atoms with E-state index in [1.165, 1.54) is 24.9 Å². The molecule has 1 saturated heterocycles. The summed E-state index contributed by atoms with van der Waals surface area (Å²) < 4.78 is 7.60. The number of hydrogen-bond acceptors (Lipinski definition) is 5. The van der Waals surface area contributed by atoms with Crippen molar-refractivity contribution >= 4 is 5.91 Å². The topological polar surface area (TPSA) is 63.5 Å². The first kappa shape index (κ1) is 18.1. The maximum absolute atomic E-state index is 12.9. The van der Waals surface area contributed by atoms with Gasteiger partial charge in [0.05, 0.1) is 25.8 Å². The van der Waals surface area contributed by atoms with Crippen LogP contribution in [-0.4, -0.2) is 69.4 Å². The van der Waals surface area contributed by atoms with Crippen LogP contribution in [0.1, 0.15) is 39.0 Å². The lowest BCUT2D eigenvalue weighted by atomic mass is 10.0. The van der Waals surface area contributed by atoms with Crippen LogP contribution in [0.2, 0.25) is 0 Å². The molecule has 0 unspecified atom stereocenters. The molecular formula is C18H29N5O2. The number of amides is 1. The van der Waals surface area contributed by atoms with Gasteiger partial charge in [0.2, 0.25) is 5.91 Å². The number of carbonyl (C=O) groups excluding carboxylic acids is 1. The van der Waals surface area contributed by atoms with Crippen LogP contribution in [0.3, 0.4) is 0 Å². The van der Waals surface area contributed by atoms with Gasteiger partial charge in [0, 0.05) is 25.3 Å². The van der Waals surface area contributed by atoms with E-state index in [-0.39, 0.29) is 12.0 Å². The summed E-state index contributed by atoms with van der Waals surface area (Å²) in [6.07, 6.45) is 11.1. The Morgan fingerprint density at radius 3 is 3.08 bits per heavy atom. The molecule has 25 heavy (non-hydrogen) atoms. The minimum Gasteiger partial charge on any atom is -0.374 e. The first-order valence-electron chi connectivity index (χ1n) is 9.42. The van der Waals surface area contributed by atoms with E-state index in [0.29, 0.717) is 19.7 Å². The number of ether oxygens (including phenoxy) is 1. The molecule has 1 aromatic rings. The van der Waals surface area contributed by atoms with Gasteiger partial charge in [-0.05, 0) is 32.1 Å². The molecule has 2 aliphatic rings. The Bertz CT molecular complexity index is 572. The van der Waals surface area contributed by atoms with Crippen molar-refractivity contribution in [2.24, 2.45) is 0 Å². The fourth-order valence-electron chi connectivity index (χ4n) is 3.57. The van der Waals surface area contributed by atoms with E-state index in [0.717, 1.165) is 38.9 Å². The second-order valence-corrected chi connectivity index (χ2v) is 6.83. The predicted molar refractivity (Wildman–Crippen MR) is 94.8 cm³/mol. The Hall–Kier alpha value is -1.73. The van der Waals surface area contributed by atoms with Gasteiger partial charge in [-0.25, -0.2) is 4.98 Å². The van der Waals surface area contributed by atoms with E-state index >= 15 is 0 Å². The molecule has 0 spiro atoms. The first-order chi connectivity index (χ1) is 12.3. The van der Waals surface area contributed by atoms with E-state index in [2.05, 4.69) is 28.0 Å². The molecule has 138 valence electrons. The molecule has 1 aliphatic heterocycles. The van der Waals surface area contributed by atoms with Gasteiger partial charge in [-0.3, -0.25) is 14.4 Å². The summed E-state index contributed by atoms with van der Waals surface area (Å²) >= 11 is 0. The van der Waals surface area contributed by atoms with Crippen molar-refractivity contribution in [2.75, 3.05) is 32.8 Å². The highest BCUT2D eigenvalue weighted by Gasteiger charge is 2.26. The molecule has 7 heteroatoms. The van der Waals surface area contributed by atoms with Crippen LogP contribution in [0.5, 0.6) is 0 Å². The van der Waals surface area contributed by atoms with Crippen LogP contribution in [-0.2, 0) is 16.1 Å². The molecular weight excluding hydrogens is 318 g/mol. The van der Waals surface area contributed by atoms with Crippen LogP contribution in [0.15, 0.2) is 24.4 Å². The van der Waals surface area contributed by atoms with Crippen molar-refractivity contribution in [1.82, 2.24) is 24.6 Å². The average molecular weight is 347 g/mol. The Kier molecular flexibility index (Phi) is 6.58. The van der Waals surface area contributed by atoms with Gasteiger partial charge in [0.15, 0.2) is 0 Å². The van der Waals surface area contributed by atoms with E-state index < -0.39 is 0 Å². The molecule has 0 N–H and O–H groups in total. The van der Waals surface area contributed by atoms with Crippen molar-refractivity contribution in [2.45, 2.75) is 51.7 Å². The van der Waals surface area contributed by atoms with Crippen molar-refractivity contribution in [3.8, 4) is 0 Å². The summed E-state index contributed by atoms with van der Waals surface area (Å²) in [4.78, 5) is 21.1. The summed E-state index contributed by atoms with van der Waals surface area (Å²) in [6, 6.07) is 0. The number of aromatic nitrogens is 3. The summed E-state index contributed by atoms with van der Waals surface area (Å²) in [6.45, 7) is 6.30. The van der Waals surface area contributed by atoms with Crippen LogP contribution in [0.25, 0.3) is 0 Å². The van der Waals surface area contributed by atoms with Gasteiger partial charge in [-0.15, -0.1) is 0 Å². The number of allylic oxidation sites excluding steroid dienone is 2. The fourth-order valence-corrected chi connectivity index (χ4v) is 3.57. The lowest BCUT2D eigenvalue weighted by Crippen LogP contribution is -2.48. The monoisotopic (exact) mass is 347 g/mol. The molecule has 2 heterocycles. The van der Waals surface area contributed by atoms with Crippen LogP contribution >= 0.6 is 0 Å². The van der Waals surface area contributed by atoms with E-state index in [1.807, 2.05) is 4.90 Å². The normalized spacial score (nSPS) is 21.8. The summed E-state index contributed by atoms with van der Waals surface area (Å²) in [5, 5.41) is 4.13.